The van der Waals surface area contributed by atoms with Gasteiger partial charge in [-0.25, -0.2) is 4.79 Å². The lowest BCUT2D eigenvalue weighted by molar-refractivity contribution is -0.146. The highest BCUT2D eigenvalue weighted by Gasteiger charge is 2.47. The van der Waals surface area contributed by atoms with Gasteiger partial charge in [-0.3, -0.25) is 9.69 Å². The Kier molecular flexibility index (Phi) is 6.49. The smallest absolute Gasteiger partial charge is 0.319 e. The van der Waals surface area contributed by atoms with Crippen molar-refractivity contribution in [3.8, 4) is 0 Å². The van der Waals surface area contributed by atoms with Crippen molar-refractivity contribution in [2.24, 2.45) is 5.92 Å². The Labute approximate surface area is 173 Å². The van der Waals surface area contributed by atoms with E-state index in [1.807, 2.05) is 37.2 Å². The number of carbonyl (C=O) groups excluding carboxylic acids is 2. The molecule has 0 unspecified atom stereocenters. The minimum absolute atomic E-state index is 0.00271. The fourth-order valence-electron chi connectivity index (χ4n) is 4.83. The maximum absolute atomic E-state index is 13.1. The van der Waals surface area contributed by atoms with Crippen LogP contribution < -0.4 is 0 Å². The van der Waals surface area contributed by atoms with Crippen molar-refractivity contribution in [1.82, 2.24) is 19.6 Å². The number of rotatable bonds is 3. The quantitative estimate of drug-likeness (QED) is 0.831. The minimum atomic E-state index is -0.659. The number of carbonyl (C=O) groups is 2. The Morgan fingerprint density at radius 1 is 1.00 bits per heavy atom. The van der Waals surface area contributed by atoms with Crippen molar-refractivity contribution in [1.29, 1.82) is 0 Å². The monoisotopic (exact) mass is 402 g/mol. The van der Waals surface area contributed by atoms with E-state index in [1.54, 1.807) is 23.9 Å². The SMILES string of the molecule is CN(C)C(=O)N1CCC(C(=O)N2CC[C@@](c3ccccc3)(N(C)C)[C@H](O)C2)CC1. The second-order valence-electron chi connectivity index (χ2n) is 8.67. The zero-order chi connectivity index (χ0) is 21.2. The van der Waals surface area contributed by atoms with Crippen LogP contribution >= 0.6 is 0 Å². The third-order valence-electron chi connectivity index (χ3n) is 6.59. The van der Waals surface area contributed by atoms with Gasteiger partial charge in [0.05, 0.1) is 11.6 Å². The van der Waals surface area contributed by atoms with E-state index in [0.717, 1.165) is 5.56 Å². The first kappa shape index (κ1) is 21.6. The number of urea groups is 1. The molecule has 2 heterocycles. The summed E-state index contributed by atoms with van der Waals surface area (Å²) in [7, 11) is 7.48. The topological polar surface area (TPSA) is 67.3 Å². The number of nitrogens with zero attached hydrogens (tertiary/aromatic N) is 4. The van der Waals surface area contributed by atoms with E-state index in [4.69, 9.17) is 0 Å². The number of β-amino-alcohol motifs (C(OH)–C–C–N with tert-alkyl or cyclic N) is 1. The van der Waals surface area contributed by atoms with Gasteiger partial charge >= 0.3 is 6.03 Å². The Hall–Kier alpha value is -2.12. The summed E-state index contributed by atoms with van der Waals surface area (Å²) in [6, 6.07) is 10.1. The summed E-state index contributed by atoms with van der Waals surface area (Å²) in [5, 5.41) is 11.1. The van der Waals surface area contributed by atoms with E-state index < -0.39 is 11.6 Å². The molecule has 0 aliphatic carbocycles. The summed E-state index contributed by atoms with van der Waals surface area (Å²) < 4.78 is 0. The lowest BCUT2D eigenvalue weighted by atomic mass is 9.77. The number of likely N-dealkylation sites (N-methyl/N-ethyl adjacent to an activating group) is 1. The lowest BCUT2D eigenvalue weighted by Crippen LogP contribution is -2.61. The van der Waals surface area contributed by atoms with Crippen molar-refractivity contribution >= 4 is 11.9 Å². The molecule has 0 bridgehead atoms. The third kappa shape index (κ3) is 4.12. The highest BCUT2D eigenvalue weighted by atomic mass is 16.3. The van der Waals surface area contributed by atoms with Gasteiger partial charge < -0.3 is 19.8 Å². The maximum atomic E-state index is 13.1. The molecule has 3 rings (SSSR count). The standard InChI is InChI=1S/C22H34N4O3/c1-23(2)21(29)25-13-10-17(11-14-25)20(28)26-15-12-22(24(3)4,19(27)16-26)18-8-6-5-7-9-18/h5-9,17,19,27H,10-16H2,1-4H3/t19-,22+/m1/s1. The van der Waals surface area contributed by atoms with E-state index in [9.17, 15) is 14.7 Å². The van der Waals surface area contributed by atoms with Crippen molar-refractivity contribution < 1.29 is 14.7 Å². The van der Waals surface area contributed by atoms with Gasteiger partial charge in [0.1, 0.15) is 0 Å². The van der Waals surface area contributed by atoms with Crippen molar-refractivity contribution in [2.45, 2.75) is 30.9 Å². The van der Waals surface area contributed by atoms with Gasteiger partial charge in [-0.2, -0.15) is 0 Å². The van der Waals surface area contributed by atoms with Crippen LogP contribution in [-0.4, -0.2) is 97.1 Å². The largest absolute Gasteiger partial charge is 0.389 e. The number of hydrogen-bond acceptors (Lipinski definition) is 4. The van der Waals surface area contributed by atoms with Crippen molar-refractivity contribution in [3.63, 3.8) is 0 Å². The number of amides is 3. The first-order valence-electron chi connectivity index (χ1n) is 10.4. The molecule has 0 spiro atoms. The van der Waals surface area contributed by atoms with Crippen molar-refractivity contribution in [3.05, 3.63) is 35.9 Å². The summed E-state index contributed by atoms with van der Waals surface area (Å²) in [4.78, 5) is 32.5. The van der Waals surface area contributed by atoms with Gasteiger partial charge in [-0.15, -0.1) is 0 Å². The second-order valence-corrected chi connectivity index (χ2v) is 8.67. The fraction of sp³-hybridized carbons (Fsp3) is 0.636. The fourth-order valence-corrected chi connectivity index (χ4v) is 4.83. The molecule has 2 saturated heterocycles. The summed E-state index contributed by atoms with van der Waals surface area (Å²) in [5.41, 5.74) is 0.597. The van der Waals surface area contributed by atoms with E-state index in [-0.39, 0.29) is 17.9 Å². The highest BCUT2D eigenvalue weighted by Crippen LogP contribution is 2.38. The summed E-state index contributed by atoms with van der Waals surface area (Å²) >= 11 is 0. The summed E-state index contributed by atoms with van der Waals surface area (Å²) in [6.07, 6.45) is 1.40. The van der Waals surface area contributed by atoms with E-state index in [1.165, 1.54) is 0 Å². The van der Waals surface area contributed by atoms with E-state index in [0.29, 0.717) is 45.4 Å². The van der Waals surface area contributed by atoms with E-state index in [2.05, 4.69) is 17.0 Å². The van der Waals surface area contributed by atoms with Gasteiger partial charge in [-0.1, -0.05) is 30.3 Å². The Balaban J connectivity index is 1.65. The van der Waals surface area contributed by atoms with Crippen LogP contribution in [0.2, 0.25) is 0 Å². The van der Waals surface area contributed by atoms with Crippen LogP contribution in [-0.2, 0) is 10.3 Å². The molecule has 3 amide bonds. The molecule has 2 atom stereocenters. The molecular formula is C22H34N4O3. The first-order valence-corrected chi connectivity index (χ1v) is 10.4. The second kappa shape index (κ2) is 8.71. The van der Waals surface area contributed by atoms with Gasteiger partial charge in [-0.05, 0) is 38.9 Å². The Bertz CT molecular complexity index is 716. The molecule has 7 heteroatoms. The molecule has 1 N–H and O–H groups in total. The molecule has 0 saturated carbocycles. The third-order valence-corrected chi connectivity index (χ3v) is 6.59. The summed E-state index contributed by atoms with van der Waals surface area (Å²) in [5.74, 6) is 0.0402. The molecule has 29 heavy (non-hydrogen) atoms. The van der Waals surface area contributed by atoms with Crippen LogP contribution in [0, 0.1) is 5.92 Å². The number of likely N-dealkylation sites (tertiary alicyclic amines) is 2. The average Bonchev–Trinajstić information content (AvgIpc) is 2.73. The molecule has 0 aromatic heterocycles. The summed E-state index contributed by atoms with van der Waals surface area (Å²) in [6.45, 7) is 2.17. The van der Waals surface area contributed by atoms with Gasteiger partial charge in [0, 0.05) is 46.2 Å². The molecule has 0 radical (unpaired) electrons. The van der Waals surface area contributed by atoms with Crippen molar-refractivity contribution in [2.75, 3.05) is 54.4 Å². The Morgan fingerprint density at radius 2 is 1.62 bits per heavy atom. The number of hydrogen-bond donors (Lipinski definition) is 1. The molecule has 2 fully saturated rings. The van der Waals surface area contributed by atoms with Gasteiger partial charge in [0.2, 0.25) is 5.91 Å². The molecular weight excluding hydrogens is 368 g/mol. The van der Waals surface area contributed by atoms with Gasteiger partial charge in [0.25, 0.3) is 0 Å². The predicted octanol–water partition coefficient (Wildman–Crippen LogP) is 1.43. The van der Waals surface area contributed by atoms with Crippen LogP contribution in [0.3, 0.4) is 0 Å². The number of benzene rings is 1. The maximum Gasteiger partial charge on any atom is 0.319 e. The van der Waals surface area contributed by atoms with Crippen LogP contribution in [0.15, 0.2) is 30.3 Å². The molecule has 7 nitrogen and oxygen atoms in total. The zero-order valence-corrected chi connectivity index (χ0v) is 18.0. The number of aliphatic hydroxyl groups is 1. The average molecular weight is 403 g/mol. The molecule has 2 aliphatic rings. The molecule has 1 aromatic carbocycles. The van der Waals surface area contributed by atoms with Gasteiger partial charge in [0.15, 0.2) is 0 Å². The van der Waals surface area contributed by atoms with Crippen LogP contribution in [0.5, 0.6) is 0 Å². The molecule has 1 aromatic rings. The van der Waals surface area contributed by atoms with Crippen LogP contribution in [0.4, 0.5) is 4.79 Å². The zero-order valence-electron chi connectivity index (χ0n) is 18.0. The number of aliphatic hydroxyl groups excluding tert-OH is 1. The predicted molar refractivity (Wildman–Crippen MR) is 112 cm³/mol. The number of piperidine rings is 2. The van der Waals surface area contributed by atoms with Crippen LogP contribution in [0.25, 0.3) is 0 Å². The Morgan fingerprint density at radius 3 is 2.14 bits per heavy atom. The first-order chi connectivity index (χ1) is 13.8. The molecule has 160 valence electrons. The van der Waals surface area contributed by atoms with E-state index >= 15 is 0 Å². The molecule has 2 aliphatic heterocycles. The van der Waals surface area contributed by atoms with Crippen LogP contribution in [0.1, 0.15) is 24.8 Å². The normalized spacial score (nSPS) is 25.9. The lowest BCUT2D eigenvalue weighted by Gasteiger charge is -2.50. The minimum Gasteiger partial charge on any atom is -0.389 e. The highest BCUT2D eigenvalue weighted by molar-refractivity contribution is 5.80.